The maximum Gasteiger partial charge on any atom is 0.123 e. The summed E-state index contributed by atoms with van der Waals surface area (Å²) in [6.07, 6.45) is 3.81. The van der Waals surface area contributed by atoms with Crippen molar-refractivity contribution in [3.8, 4) is 0 Å². The van der Waals surface area contributed by atoms with E-state index < -0.39 is 0 Å². The fourth-order valence-corrected chi connectivity index (χ4v) is 2.79. The number of benzene rings is 1. The van der Waals surface area contributed by atoms with Gasteiger partial charge >= 0.3 is 0 Å². The largest absolute Gasteiger partial charge is 0.316 e. The molecule has 1 unspecified atom stereocenters. The number of rotatable bonds is 6. The number of likely N-dealkylation sites (tertiary alicyclic amines) is 1. The van der Waals surface area contributed by atoms with Crippen molar-refractivity contribution >= 4 is 0 Å². The molecule has 1 heterocycles. The van der Waals surface area contributed by atoms with Crippen LogP contribution >= 0.6 is 0 Å². The maximum absolute atomic E-state index is 12.9. The van der Waals surface area contributed by atoms with Gasteiger partial charge in [-0.1, -0.05) is 19.1 Å². The van der Waals surface area contributed by atoms with Crippen LogP contribution in [0.3, 0.4) is 0 Å². The zero-order valence-corrected chi connectivity index (χ0v) is 11.9. The molecule has 1 aliphatic heterocycles. The monoisotopic (exact) mass is 264 g/mol. The van der Waals surface area contributed by atoms with Crippen molar-refractivity contribution in [2.75, 3.05) is 26.2 Å². The lowest BCUT2D eigenvalue weighted by molar-refractivity contribution is 0.165. The van der Waals surface area contributed by atoms with Crippen molar-refractivity contribution in [2.45, 2.75) is 32.7 Å². The third-order valence-electron chi connectivity index (χ3n) is 3.78. The van der Waals surface area contributed by atoms with Crippen molar-refractivity contribution in [3.05, 3.63) is 35.6 Å². The molecule has 0 spiro atoms. The van der Waals surface area contributed by atoms with E-state index in [0.717, 1.165) is 32.1 Å². The third kappa shape index (κ3) is 4.92. The molecule has 0 aromatic heterocycles. The Balaban J connectivity index is 1.78. The van der Waals surface area contributed by atoms with Gasteiger partial charge in [-0.3, -0.25) is 4.90 Å². The van der Waals surface area contributed by atoms with E-state index >= 15 is 0 Å². The normalized spacial score (nSPS) is 20.6. The Morgan fingerprint density at radius 1 is 1.32 bits per heavy atom. The highest BCUT2D eigenvalue weighted by Crippen LogP contribution is 2.18. The van der Waals surface area contributed by atoms with E-state index in [2.05, 4.69) is 17.1 Å². The molecule has 0 amide bonds. The van der Waals surface area contributed by atoms with Crippen molar-refractivity contribution in [1.82, 2.24) is 10.2 Å². The quantitative estimate of drug-likeness (QED) is 0.795. The van der Waals surface area contributed by atoms with Gasteiger partial charge in [-0.25, -0.2) is 4.39 Å². The smallest absolute Gasteiger partial charge is 0.123 e. The predicted octanol–water partition coefficient (Wildman–Crippen LogP) is 3.04. The summed E-state index contributed by atoms with van der Waals surface area (Å²) in [4.78, 5) is 2.50. The summed E-state index contributed by atoms with van der Waals surface area (Å²) in [7, 11) is 0. The van der Waals surface area contributed by atoms with Gasteiger partial charge in [-0.05, 0) is 62.5 Å². The molecule has 1 aromatic carbocycles. The lowest BCUT2D eigenvalue weighted by Crippen LogP contribution is -2.39. The average molecular weight is 264 g/mol. The van der Waals surface area contributed by atoms with Crippen LogP contribution in [-0.4, -0.2) is 31.1 Å². The first-order chi connectivity index (χ1) is 9.28. The van der Waals surface area contributed by atoms with Gasteiger partial charge < -0.3 is 5.32 Å². The fraction of sp³-hybridized carbons (Fsp3) is 0.625. The highest BCUT2D eigenvalue weighted by molar-refractivity contribution is 5.15. The van der Waals surface area contributed by atoms with Crippen molar-refractivity contribution in [3.63, 3.8) is 0 Å². The van der Waals surface area contributed by atoms with Crippen LogP contribution in [0, 0.1) is 11.7 Å². The molecule has 0 bridgehead atoms. The fourth-order valence-electron chi connectivity index (χ4n) is 2.79. The van der Waals surface area contributed by atoms with Crippen molar-refractivity contribution in [1.29, 1.82) is 0 Å². The van der Waals surface area contributed by atoms with E-state index in [0.29, 0.717) is 0 Å². The van der Waals surface area contributed by atoms with E-state index in [1.165, 1.54) is 31.4 Å². The molecule has 1 aliphatic rings. The molecule has 0 aliphatic carbocycles. The minimum absolute atomic E-state index is 0.149. The second-order valence-corrected chi connectivity index (χ2v) is 5.57. The Bertz CT molecular complexity index is 364. The lowest BCUT2D eigenvalue weighted by Gasteiger charge is -2.33. The van der Waals surface area contributed by atoms with Gasteiger partial charge in [-0.15, -0.1) is 0 Å². The van der Waals surface area contributed by atoms with Crippen LogP contribution in [0.25, 0.3) is 0 Å². The van der Waals surface area contributed by atoms with E-state index in [1.807, 2.05) is 12.1 Å². The molecule has 1 N–H and O–H groups in total. The molecule has 0 saturated carbocycles. The minimum Gasteiger partial charge on any atom is -0.316 e. The molecule has 1 fully saturated rings. The Morgan fingerprint density at radius 2 is 2.11 bits per heavy atom. The summed E-state index contributed by atoms with van der Waals surface area (Å²) >= 11 is 0. The van der Waals surface area contributed by atoms with Crippen LogP contribution in [0.4, 0.5) is 4.39 Å². The third-order valence-corrected chi connectivity index (χ3v) is 3.78. The topological polar surface area (TPSA) is 15.3 Å². The number of halogens is 1. The zero-order chi connectivity index (χ0) is 13.5. The Labute approximate surface area is 116 Å². The summed E-state index contributed by atoms with van der Waals surface area (Å²) in [5, 5.41) is 3.52. The molecule has 0 radical (unpaired) electrons. The first kappa shape index (κ1) is 14.5. The first-order valence-electron chi connectivity index (χ1n) is 7.45. The van der Waals surface area contributed by atoms with Crippen molar-refractivity contribution < 1.29 is 4.39 Å². The average Bonchev–Trinajstić information content (AvgIpc) is 2.42. The van der Waals surface area contributed by atoms with Gasteiger partial charge in [0, 0.05) is 13.1 Å². The van der Waals surface area contributed by atoms with Crippen LogP contribution in [0.1, 0.15) is 31.7 Å². The molecule has 1 aromatic rings. The number of hydrogen-bond acceptors (Lipinski definition) is 2. The van der Waals surface area contributed by atoms with E-state index in [-0.39, 0.29) is 5.82 Å². The second-order valence-electron chi connectivity index (χ2n) is 5.57. The molecular formula is C16H25FN2. The van der Waals surface area contributed by atoms with Crippen LogP contribution in [-0.2, 0) is 6.54 Å². The second kappa shape index (κ2) is 7.61. The Hall–Kier alpha value is -0.930. The maximum atomic E-state index is 12.9. The molecule has 2 nitrogen and oxygen atoms in total. The van der Waals surface area contributed by atoms with Gasteiger partial charge in [0.15, 0.2) is 0 Å². The molecule has 1 saturated heterocycles. The minimum atomic E-state index is -0.149. The molecule has 106 valence electrons. The van der Waals surface area contributed by atoms with Gasteiger partial charge in [0.05, 0.1) is 0 Å². The Morgan fingerprint density at radius 3 is 2.84 bits per heavy atom. The van der Waals surface area contributed by atoms with E-state index in [4.69, 9.17) is 0 Å². The van der Waals surface area contributed by atoms with Gasteiger partial charge in [0.1, 0.15) is 5.82 Å². The summed E-state index contributed by atoms with van der Waals surface area (Å²) < 4.78 is 12.9. The Kier molecular flexibility index (Phi) is 5.80. The number of nitrogens with zero attached hydrogens (tertiary/aromatic N) is 1. The highest BCUT2D eigenvalue weighted by atomic mass is 19.1. The molecule has 2 rings (SSSR count). The van der Waals surface area contributed by atoms with Crippen LogP contribution in [0.5, 0.6) is 0 Å². The lowest BCUT2D eigenvalue weighted by atomic mass is 9.97. The summed E-state index contributed by atoms with van der Waals surface area (Å²) in [6.45, 7) is 7.73. The van der Waals surface area contributed by atoms with Crippen LogP contribution in [0.2, 0.25) is 0 Å². The van der Waals surface area contributed by atoms with E-state index in [1.54, 1.807) is 12.1 Å². The summed E-state index contributed by atoms with van der Waals surface area (Å²) in [5.41, 5.74) is 1.21. The van der Waals surface area contributed by atoms with E-state index in [9.17, 15) is 4.39 Å². The van der Waals surface area contributed by atoms with Crippen molar-refractivity contribution in [2.24, 2.45) is 5.92 Å². The molecular weight excluding hydrogens is 239 g/mol. The summed E-state index contributed by atoms with van der Waals surface area (Å²) in [5.74, 6) is 0.616. The zero-order valence-electron chi connectivity index (χ0n) is 11.9. The van der Waals surface area contributed by atoms with Gasteiger partial charge in [-0.2, -0.15) is 0 Å². The van der Waals surface area contributed by atoms with Gasteiger partial charge in [0.25, 0.3) is 0 Å². The summed E-state index contributed by atoms with van der Waals surface area (Å²) in [6, 6.07) is 6.90. The number of nitrogens with one attached hydrogen (secondary N) is 1. The highest BCUT2D eigenvalue weighted by Gasteiger charge is 2.19. The first-order valence-corrected chi connectivity index (χ1v) is 7.45. The van der Waals surface area contributed by atoms with Crippen LogP contribution < -0.4 is 5.32 Å². The molecule has 1 atom stereocenters. The molecule has 3 heteroatoms. The predicted molar refractivity (Wildman–Crippen MR) is 77.6 cm³/mol. The number of piperidine rings is 1. The van der Waals surface area contributed by atoms with Gasteiger partial charge in [0.2, 0.25) is 0 Å². The number of hydrogen-bond donors (Lipinski definition) is 1. The standard InChI is InChI=1S/C16H25FN2/c1-2-9-18-11-15-4-3-10-19(13-15)12-14-5-7-16(17)8-6-14/h5-8,15,18H,2-4,9-13H2,1H3. The van der Waals surface area contributed by atoms with Crippen LogP contribution in [0.15, 0.2) is 24.3 Å². The SMILES string of the molecule is CCCNCC1CCCN(Cc2ccc(F)cc2)C1. The molecule has 19 heavy (non-hydrogen) atoms.